The summed E-state index contributed by atoms with van der Waals surface area (Å²) in [4.78, 5) is 0.136. The molecule has 0 aliphatic carbocycles. The molecule has 0 unspecified atom stereocenters. The molecule has 2 N–H and O–H groups in total. The van der Waals surface area contributed by atoms with Crippen molar-refractivity contribution in [1.29, 1.82) is 0 Å². The number of anilines is 1. The van der Waals surface area contributed by atoms with Crippen LogP contribution in [0.25, 0.3) is 0 Å². The number of hydrogen-bond donors (Lipinski definition) is 2. The molecule has 0 atom stereocenters. The van der Waals surface area contributed by atoms with Crippen LogP contribution >= 0.6 is 11.6 Å². The minimum atomic E-state index is -3.34. The van der Waals surface area contributed by atoms with Crippen LogP contribution in [0.5, 0.6) is 5.75 Å². The van der Waals surface area contributed by atoms with E-state index in [2.05, 4.69) is 5.32 Å². The maximum Gasteiger partial charge on any atom is 0.175 e. The van der Waals surface area contributed by atoms with Crippen LogP contribution in [0, 0.1) is 5.82 Å². The third kappa shape index (κ3) is 4.09. The van der Waals surface area contributed by atoms with Crippen molar-refractivity contribution >= 4 is 27.1 Å². The van der Waals surface area contributed by atoms with E-state index in [4.69, 9.17) is 11.6 Å². The summed E-state index contributed by atoms with van der Waals surface area (Å²) in [6.07, 6.45) is 1.10. The molecular formula is C14H13ClFNO3S. The van der Waals surface area contributed by atoms with Crippen LogP contribution in [-0.2, 0) is 16.4 Å². The maximum atomic E-state index is 13.2. The zero-order valence-corrected chi connectivity index (χ0v) is 12.7. The van der Waals surface area contributed by atoms with Gasteiger partial charge in [-0.1, -0.05) is 11.6 Å². The summed E-state index contributed by atoms with van der Waals surface area (Å²) >= 11 is 5.99. The average Bonchev–Trinajstić information content (AvgIpc) is 2.35. The number of aromatic hydroxyl groups is 1. The third-order valence-corrected chi connectivity index (χ3v) is 4.23. The van der Waals surface area contributed by atoms with E-state index < -0.39 is 15.7 Å². The first-order valence-corrected chi connectivity index (χ1v) is 8.24. The van der Waals surface area contributed by atoms with Crippen molar-refractivity contribution in [3.63, 3.8) is 0 Å². The highest BCUT2D eigenvalue weighted by atomic mass is 35.5. The SMILES string of the molecule is CS(=O)(=O)c1ccc(Cl)c(NCc2cc(O)cc(F)c2)c1. The molecule has 0 aliphatic heterocycles. The van der Waals surface area contributed by atoms with Crippen molar-refractivity contribution in [1.82, 2.24) is 0 Å². The van der Waals surface area contributed by atoms with Crippen molar-refractivity contribution in [3.05, 3.63) is 52.8 Å². The number of phenols is 1. The first kappa shape index (κ1) is 15.6. The highest BCUT2D eigenvalue weighted by Crippen LogP contribution is 2.26. The summed E-state index contributed by atoms with van der Waals surface area (Å²) in [7, 11) is -3.34. The molecule has 0 amide bonds. The first-order chi connectivity index (χ1) is 9.75. The van der Waals surface area contributed by atoms with Crippen LogP contribution in [0.4, 0.5) is 10.1 Å². The standard InChI is InChI=1S/C14H13ClFNO3S/c1-21(19,20)12-2-3-13(15)14(7-12)17-8-9-4-10(16)6-11(18)5-9/h2-7,17-18H,8H2,1H3. The van der Waals surface area contributed by atoms with Crippen molar-refractivity contribution in [2.75, 3.05) is 11.6 Å². The molecule has 0 spiro atoms. The lowest BCUT2D eigenvalue weighted by Gasteiger charge is -2.10. The summed E-state index contributed by atoms with van der Waals surface area (Å²) in [5.41, 5.74) is 0.927. The minimum absolute atomic E-state index is 0.136. The van der Waals surface area contributed by atoms with Gasteiger partial charge in [0.2, 0.25) is 0 Å². The van der Waals surface area contributed by atoms with Gasteiger partial charge in [-0.25, -0.2) is 12.8 Å². The predicted molar refractivity (Wildman–Crippen MR) is 80.0 cm³/mol. The van der Waals surface area contributed by atoms with E-state index in [0.717, 1.165) is 12.3 Å². The molecule has 2 aromatic carbocycles. The maximum absolute atomic E-state index is 13.2. The molecule has 2 aromatic rings. The van der Waals surface area contributed by atoms with Gasteiger partial charge in [0.15, 0.2) is 9.84 Å². The molecular weight excluding hydrogens is 317 g/mol. The average molecular weight is 330 g/mol. The summed E-state index contributed by atoms with van der Waals surface area (Å²) in [5.74, 6) is -0.731. The molecule has 0 aliphatic rings. The molecule has 0 saturated heterocycles. The van der Waals surface area contributed by atoms with Crippen LogP contribution in [0.2, 0.25) is 5.02 Å². The van der Waals surface area contributed by atoms with E-state index in [-0.39, 0.29) is 17.2 Å². The zero-order valence-electron chi connectivity index (χ0n) is 11.1. The van der Waals surface area contributed by atoms with Crippen LogP contribution in [0.1, 0.15) is 5.56 Å². The molecule has 112 valence electrons. The van der Waals surface area contributed by atoms with E-state index in [0.29, 0.717) is 16.3 Å². The summed E-state index contributed by atoms with van der Waals surface area (Å²) in [6, 6.07) is 7.98. The van der Waals surface area contributed by atoms with Gasteiger partial charge in [-0.15, -0.1) is 0 Å². The Morgan fingerprint density at radius 1 is 1.24 bits per heavy atom. The Morgan fingerprint density at radius 3 is 2.57 bits per heavy atom. The van der Waals surface area contributed by atoms with Gasteiger partial charge in [0, 0.05) is 18.9 Å². The number of rotatable bonds is 4. The lowest BCUT2D eigenvalue weighted by atomic mass is 10.2. The molecule has 7 heteroatoms. The predicted octanol–water partition coefficient (Wildman–Crippen LogP) is 3.20. The molecule has 0 saturated carbocycles. The van der Waals surface area contributed by atoms with Gasteiger partial charge in [-0.05, 0) is 35.9 Å². The number of benzene rings is 2. The largest absolute Gasteiger partial charge is 0.508 e. The fraction of sp³-hybridized carbons (Fsp3) is 0.143. The molecule has 2 rings (SSSR count). The highest BCUT2D eigenvalue weighted by molar-refractivity contribution is 7.90. The molecule has 0 bridgehead atoms. The number of phenolic OH excluding ortho intramolecular Hbond substituents is 1. The number of halogens is 2. The Kier molecular flexibility index (Phi) is 4.39. The van der Waals surface area contributed by atoms with Crippen LogP contribution in [0.3, 0.4) is 0 Å². The molecule has 4 nitrogen and oxygen atoms in total. The number of nitrogens with one attached hydrogen (secondary N) is 1. The van der Waals surface area contributed by atoms with E-state index in [1.165, 1.54) is 30.3 Å². The van der Waals surface area contributed by atoms with Crippen LogP contribution in [-0.4, -0.2) is 19.8 Å². The second-order valence-corrected chi connectivity index (χ2v) is 7.01. The van der Waals surface area contributed by atoms with Crippen molar-refractivity contribution in [3.8, 4) is 5.75 Å². The van der Waals surface area contributed by atoms with E-state index >= 15 is 0 Å². The molecule has 0 aromatic heterocycles. The number of hydrogen-bond acceptors (Lipinski definition) is 4. The monoisotopic (exact) mass is 329 g/mol. The second kappa shape index (κ2) is 5.91. The molecule has 0 radical (unpaired) electrons. The summed E-state index contributed by atoms with van der Waals surface area (Å²) < 4.78 is 36.2. The molecule has 0 fully saturated rings. The van der Waals surface area contributed by atoms with E-state index in [9.17, 15) is 17.9 Å². The fourth-order valence-corrected chi connectivity index (χ4v) is 2.63. The first-order valence-electron chi connectivity index (χ1n) is 5.97. The molecule has 21 heavy (non-hydrogen) atoms. The number of sulfone groups is 1. The van der Waals surface area contributed by atoms with Crippen molar-refractivity contribution in [2.24, 2.45) is 0 Å². The van der Waals surface area contributed by atoms with Crippen molar-refractivity contribution in [2.45, 2.75) is 11.4 Å². The quantitative estimate of drug-likeness (QED) is 0.904. The van der Waals surface area contributed by atoms with Gasteiger partial charge in [0.1, 0.15) is 11.6 Å². The summed E-state index contributed by atoms with van der Waals surface area (Å²) in [6.45, 7) is 0.193. The topological polar surface area (TPSA) is 66.4 Å². The Bertz CT molecular complexity index is 758. The minimum Gasteiger partial charge on any atom is -0.508 e. The fourth-order valence-electron chi connectivity index (χ4n) is 1.80. The molecule has 0 heterocycles. The van der Waals surface area contributed by atoms with Crippen LogP contribution < -0.4 is 5.32 Å². The van der Waals surface area contributed by atoms with Gasteiger partial charge >= 0.3 is 0 Å². The highest BCUT2D eigenvalue weighted by Gasteiger charge is 2.10. The van der Waals surface area contributed by atoms with Gasteiger partial charge in [0.05, 0.1) is 15.6 Å². The summed E-state index contributed by atoms with van der Waals surface area (Å²) in [5, 5.41) is 12.6. The van der Waals surface area contributed by atoms with Gasteiger partial charge in [-0.2, -0.15) is 0 Å². The lowest BCUT2D eigenvalue weighted by molar-refractivity contribution is 0.468. The van der Waals surface area contributed by atoms with Crippen LogP contribution in [0.15, 0.2) is 41.3 Å². The van der Waals surface area contributed by atoms with E-state index in [1.54, 1.807) is 0 Å². The van der Waals surface area contributed by atoms with Gasteiger partial charge in [0.25, 0.3) is 0 Å². The zero-order chi connectivity index (χ0) is 15.6. The second-order valence-electron chi connectivity index (χ2n) is 4.59. The Labute approximate surface area is 127 Å². The Morgan fingerprint density at radius 2 is 1.95 bits per heavy atom. The third-order valence-electron chi connectivity index (χ3n) is 2.79. The van der Waals surface area contributed by atoms with Gasteiger partial charge < -0.3 is 10.4 Å². The Hall–Kier alpha value is -1.79. The smallest absolute Gasteiger partial charge is 0.175 e. The Balaban J connectivity index is 2.23. The van der Waals surface area contributed by atoms with Crippen molar-refractivity contribution < 1.29 is 17.9 Å². The normalized spacial score (nSPS) is 11.4. The van der Waals surface area contributed by atoms with E-state index in [1.807, 2.05) is 0 Å². The van der Waals surface area contributed by atoms with Gasteiger partial charge in [-0.3, -0.25) is 0 Å². The lowest BCUT2D eigenvalue weighted by Crippen LogP contribution is -2.03.